The van der Waals surface area contributed by atoms with E-state index in [1.807, 2.05) is 39.0 Å². The van der Waals surface area contributed by atoms with Crippen LogP contribution < -0.4 is 10.1 Å². The molecule has 0 spiro atoms. The van der Waals surface area contributed by atoms with E-state index >= 15 is 0 Å². The number of nitrogens with one attached hydrogen (secondary N) is 1. The van der Waals surface area contributed by atoms with Crippen molar-refractivity contribution in [1.29, 1.82) is 0 Å². The van der Waals surface area contributed by atoms with Gasteiger partial charge in [0, 0.05) is 18.8 Å². The molecule has 1 aliphatic heterocycles. The van der Waals surface area contributed by atoms with Crippen LogP contribution in [-0.4, -0.2) is 50.9 Å². The number of benzene rings is 2. The number of aryl methyl sites for hydroxylation is 1. The number of hydrogen-bond donors (Lipinski definition) is 1. The predicted molar refractivity (Wildman–Crippen MR) is 125 cm³/mol. The summed E-state index contributed by atoms with van der Waals surface area (Å²) in [6, 6.07) is 11.9. The highest BCUT2D eigenvalue weighted by atomic mass is 32.2. The summed E-state index contributed by atoms with van der Waals surface area (Å²) in [6.07, 6.45) is 1.68. The molecule has 0 bridgehead atoms. The van der Waals surface area contributed by atoms with Crippen LogP contribution in [0.2, 0.25) is 0 Å². The molecule has 1 amide bonds. The molecule has 0 aliphatic carbocycles. The van der Waals surface area contributed by atoms with Gasteiger partial charge in [-0.2, -0.15) is 4.31 Å². The monoisotopic (exact) mass is 474 g/mol. The Balaban J connectivity index is 1.52. The lowest BCUT2D eigenvalue weighted by molar-refractivity contribution is -0.149. The van der Waals surface area contributed by atoms with Crippen LogP contribution in [0.15, 0.2) is 47.4 Å². The van der Waals surface area contributed by atoms with Crippen LogP contribution in [-0.2, 0) is 24.3 Å². The summed E-state index contributed by atoms with van der Waals surface area (Å²) in [7, 11) is -3.59. The van der Waals surface area contributed by atoms with E-state index in [9.17, 15) is 18.0 Å². The number of esters is 1. The van der Waals surface area contributed by atoms with Gasteiger partial charge in [0.15, 0.2) is 13.2 Å². The number of hydrogen-bond acceptors (Lipinski definition) is 6. The van der Waals surface area contributed by atoms with Crippen molar-refractivity contribution < 1.29 is 27.5 Å². The van der Waals surface area contributed by atoms with Gasteiger partial charge in [0.1, 0.15) is 5.75 Å². The Kier molecular flexibility index (Phi) is 8.10. The zero-order chi connectivity index (χ0) is 24.0. The van der Waals surface area contributed by atoms with E-state index in [1.165, 1.54) is 16.4 Å². The fourth-order valence-corrected chi connectivity index (χ4v) is 5.14. The normalized spacial score (nSPS) is 14.3. The minimum absolute atomic E-state index is 0.117. The number of amides is 1. The quantitative estimate of drug-likeness (QED) is 0.559. The van der Waals surface area contributed by atoms with Crippen LogP contribution in [0, 0.1) is 6.92 Å². The summed E-state index contributed by atoms with van der Waals surface area (Å²) < 4.78 is 37.4. The summed E-state index contributed by atoms with van der Waals surface area (Å²) in [5.74, 6) is -0.404. The minimum Gasteiger partial charge on any atom is -0.482 e. The zero-order valence-corrected chi connectivity index (χ0v) is 20.0. The number of sulfonamides is 1. The molecular weight excluding hydrogens is 444 g/mol. The van der Waals surface area contributed by atoms with Gasteiger partial charge >= 0.3 is 5.97 Å². The Morgan fingerprint density at radius 1 is 1.06 bits per heavy atom. The lowest BCUT2D eigenvalue weighted by atomic mass is 10.0. The molecule has 33 heavy (non-hydrogen) atoms. The Bertz CT molecular complexity index is 1110. The molecule has 1 aliphatic rings. The van der Waals surface area contributed by atoms with Gasteiger partial charge in [0.25, 0.3) is 5.91 Å². The van der Waals surface area contributed by atoms with Gasteiger partial charge in [-0.15, -0.1) is 0 Å². The molecular formula is C24H30N2O6S. The first-order chi connectivity index (χ1) is 15.7. The summed E-state index contributed by atoms with van der Waals surface area (Å²) in [5, 5.41) is 2.57. The second-order valence-electron chi connectivity index (χ2n) is 8.33. The van der Waals surface area contributed by atoms with E-state index in [-0.39, 0.29) is 17.4 Å². The van der Waals surface area contributed by atoms with Crippen LogP contribution in [0.4, 0.5) is 5.69 Å². The average Bonchev–Trinajstić information content (AvgIpc) is 3.32. The van der Waals surface area contributed by atoms with Crippen molar-refractivity contribution >= 4 is 27.6 Å². The Morgan fingerprint density at radius 3 is 2.48 bits per heavy atom. The predicted octanol–water partition coefficient (Wildman–Crippen LogP) is 3.46. The first-order valence-electron chi connectivity index (χ1n) is 11.0. The van der Waals surface area contributed by atoms with E-state index in [2.05, 4.69) is 5.32 Å². The molecule has 1 saturated heterocycles. The van der Waals surface area contributed by atoms with Crippen LogP contribution in [0.5, 0.6) is 5.75 Å². The topological polar surface area (TPSA) is 102 Å². The van der Waals surface area contributed by atoms with Gasteiger partial charge < -0.3 is 14.8 Å². The molecule has 0 aromatic heterocycles. The minimum atomic E-state index is -3.59. The van der Waals surface area contributed by atoms with E-state index in [4.69, 9.17) is 9.47 Å². The van der Waals surface area contributed by atoms with E-state index in [0.29, 0.717) is 24.5 Å². The second kappa shape index (κ2) is 10.8. The highest BCUT2D eigenvalue weighted by Crippen LogP contribution is 2.27. The standard InChI is InChI=1S/C24H30N2O6S/c1-17(2)21-10-9-18(3)13-22(21)31-16-24(28)32-15-23(27)25-19-7-6-8-20(14-19)33(29,30)26-11-4-5-12-26/h6-10,13-14,17H,4-5,11-12,15-16H2,1-3H3,(H,25,27). The molecule has 1 heterocycles. The zero-order valence-electron chi connectivity index (χ0n) is 19.2. The van der Waals surface area contributed by atoms with Crippen LogP contribution in [0.1, 0.15) is 43.7 Å². The maximum atomic E-state index is 12.7. The molecule has 1 fully saturated rings. The summed E-state index contributed by atoms with van der Waals surface area (Å²) in [4.78, 5) is 24.4. The summed E-state index contributed by atoms with van der Waals surface area (Å²) in [6.45, 7) is 6.18. The van der Waals surface area contributed by atoms with Crippen molar-refractivity contribution in [2.75, 3.05) is 31.6 Å². The fraction of sp³-hybridized carbons (Fsp3) is 0.417. The highest BCUT2D eigenvalue weighted by Gasteiger charge is 2.27. The van der Waals surface area contributed by atoms with E-state index < -0.39 is 28.5 Å². The number of ether oxygens (including phenoxy) is 2. The Morgan fingerprint density at radius 2 is 1.79 bits per heavy atom. The summed E-state index contributed by atoms with van der Waals surface area (Å²) in [5.41, 5.74) is 2.31. The lowest BCUT2D eigenvalue weighted by Gasteiger charge is -2.16. The maximum absolute atomic E-state index is 12.7. The first kappa shape index (κ1) is 24.7. The molecule has 3 rings (SSSR count). The van der Waals surface area contributed by atoms with E-state index in [1.54, 1.807) is 12.1 Å². The molecule has 178 valence electrons. The molecule has 2 aromatic carbocycles. The number of rotatable bonds is 9. The maximum Gasteiger partial charge on any atom is 0.344 e. The number of carbonyl (C=O) groups is 2. The number of nitrogens with zero attached hydrogens (tertiary/aromatic N) is 1. The van der Waals surface area contributed by atoms with Crippen molar-refractivity contribution in [2.24, 2.45) is 0 Å². The SMILES string of the molecule is Cc1ccc(C(C)C)c(OCC(=O)OCC(=O)Nc2cccc(S(=O)(=O)N3CCCC3)c2)c1. The van der Waals surface area contributed by atoms with Crippen LogP contribution >= 0.6 is 0 Å². The molecule has 2 aromatic rings. The molecule has 0 atom stereocenters. The molecule has 0 radical (unpaired) electrons. The third-order valence-electron chi connectivity index (χ3n) is 5.32. The molecule has 0 saturated carbocycles. The number of anilines is 1. The lowest BCUT2D eigenvalue weighted by Crippen LogP contribution is -2.28. The van der Waals surface area contributed by atoms with Crippen LogP contribution in [0.3, 0.4) is 0 Å². The molecule has 9 heteroatoms. The van der Waals surface area contributed by atoms with E-state index in [0.717, 1.165) is 24.0 Å². The van der Waals surface area contributed by atoms with Crippen molar-refractivity contribution in [2.45, 2.75) is 44.4 Å². The largest absolute Gasteiger partial charge is 0.482 e. The highest BCUT2D eigenvalue weighted by molar-refractivity contribution is 7.89. The molecule has 0 unspecified atom stereocenters. The Labute approximate surface area is 194 Å². The third kappa shape index (κ3) is 6.55. The Hall–Kier alpha value is -2.91. The fourth-order valence-electron chi connectivity index (χ4n) is 3.58. The van der Waals surface area contributed by atoms with Gasteiger partial charge in [-0.25, -0.2) is 13.2 Å². The average molecular weight is 475 g/mol. The van der Waals surface area contributed by atoms with Crippen molar-refractivity contribution in [1.82, 2.24) is 4.31 Å². The van der Waals surface area contributed by atoms with Crippen molar-refractivity contribution in [3.63, 3.8) is 0 Å². The number of carbonyl (C=O) groups excluding carboxylic acids is 2. The molecule has 1 N–H and O–H groups in total. The summed E-state index contributed by atoms with van der Waals surface area (Å²) >= 11 is 0. The van der Waals surface area contributed by atoms with Crippen LogP contribution in [0.25, 0.3) is 0 Å². The van der Waals surface area contributed by atoms with Gasteiger partial charge in [0.05, 0.1) is 4.90 Å². The van der Waals surface area contributed by atoms with Crippen molar-refractivity contribution in [3.8, 4) is 5.75 Å². The smallest absolute Gasteiger partial charge is 0.344 e. The molecule has 8 nitrogen and oxygen atoms in total. The van der Waals surface area contributed by atoms with Crippen molar-refractivity contribution in [3.05, 3.63) is 53.6 Å². The van der Waals surface area contributed by atoms with Gasteiger partial charge in [0.2, 0.25) is 10.0 Å². The van der Waals surface area contributed by atoms with Gasteiger partial charge in [-0.3, -0.25) is 4.79 Å². The van der Waals surface area contributed by atoms with Gasteiger partial charge in [-0.05, 0) is 61.1 Å². The van der Waals surface area contributed by atoms with Gasteiger partial charge in [-0.1, -0.05) is 32.0 Å². The first-order valence-corrected chi connectivity index (χ1v) is 12.4. The second-order valence-corrected chi connectivity index (χ2v) is 10.3. The third-order valence-corrected chi connectivity index (χ3v) is 7.22.